The van der Waals surface area contributed by atoms with Crippen LogP contribution in [0.25, 0.3) is 0 Å². The molecule has 6 heteroatoms. The van der Waals surface area contributed by atoms with Crippen LogP contribution in [0.3, 0.4) is 0 Å². The second-order valence-corrected chi connectivity index (χ2v) is 7.61. The number of amides is 1. The third-order valence-corrected chi connectivity index (χ3v) is 5.19. The van der Waals surface area contributed by atoms with E-state index in [-0.39, 0.29) is 23.9 Å². The predicted octanol–water partition coefficient (Wildman–Crippen LogP) is 3.59. The highest BCUT2D eigenvalue weighted by atomic mass is 19.1. The van der Waals surface area contributed by atoms with Gasteiger partial charge in [0.15, 0.2) is 5.78 Å². The number of Topliss-reactive ketones (excluding diaryl/α,β-unsaturated/α-hetero) is 1. The lowest BCUT2D eigenvalue weighted by Crippen LogP contribution is -2.45. The monoisotopic (exact) mass is 397 g/mol. The molecule has 29 heavy (non-hydrogen) atoms. The molecular formula is C23H28FN3O2. The second kappa shape index (κ2) is 9.65. The smallest absolute Gasteiger partial charge is 0.227 e. The number of carbonyl (C=O) groups excluding carboxylic acids is 2. The van der Waals surface area contributed by atoms with Gasteiger partial charge in [-0.1, -0.05) is 12.1 Å². The number of anilines is 2. The predicted molar refractivity (Wildman–Crippen MR) is 114 cm³/mol. The van der Waals surface area contributed by atoms with E-state index in [0.29, 0.717) is 24.9 Å². The molecule has 0 radical (unpaired) electrons. The SMILES string of the molecule is CN(C)CCN1CCN(C(=O)CCCC(=O)c2ccc(F)cc2)c2ccccc21. The Morgan fingerprint density at radius 2 is 1.66 bits per heavy atom. The molecule has 0 atom stereocenters. The molecule has 0 unspecified atom stereocenters. The highest BCUT2D eigenvalue weighted by molar-refractivity contribution is 5.99. The average molecular weight is 397 g/mol. The van der Waals surface area contributed by atoms with Gasteiger partial charge in [0, 0.05) is 44.6 Å². The normalized spacial score (nSPS) is 13.5. The zero-order valence-electron chi connectivity index (χ0n) is 17.1. The Morgan fingerprint density at radius 1 is 0.966 bits per heavy atom. The van der Waals surface area contributed by atoms with Crippen molar-refractivity contribution in [1.82, 2.24) is 4.90 Å². The fourth-order valence-electron chi connectivity index (χ4n) is 3.55. The van der Waals surface area contributed by atoms with Crippen LogP contribution in [0.4, 0.5) is 15.8 Å². The summed E-state index contributed by atoms with van der Waals surface area (Å²) in [4.78, 5) is 31.4. The van der Waals surface area contributed by atoms with Crippen LogP contribution in [0.15, 0.2) is 48.5 Å². The summed E-state index contributed by atoms with van der Waals surface area (Å²) in [6.45, 7) is 3.31. The maximum atomic E-state index is 13.0. The second-order valence-electron chi connectivity index (χ2n) is 7.61. The maximum absolute atomic E-state index is 13.0. The summed E-state index contributed by atoms with van der Waals surface area (Å²) in [7, 11) is 4.11. The zero-order valence-corrected chi connectivity index (χ0v) is 17.1. The number of benzene rings is 2. The molecule has 0 saturated carbocycles. The number of likely N-dealkylation sites (N-methyl/N-ethyl adjacent to an activating group) is 1. The van der Waals surface area contributed by atoms with Crippen LogP contribution in [0.1, 0.15) is 29.6 Å². The number of halogens is 1. The molecule has 1 aliphatic rings. The van der Waals surface area contributed by atoms with Gasteiger partial charge in [-0.3, -0.25) is 9.59 Å². The molecule has 0 N–H and O–H groups in total. The van der Waals surface area contributed by atoms with Crippen molar-refractivity contribution in [3.8, 4) is 0 Å². The zero-order chi connectivity index (χ0) is 20.8. The lowest BCUT2D eigenvalue weighted by Gasteiger charge is -2.38. The topological polar surface area (TPSA) is 43.9 Å². The Bertz CT molecular complexity index is 851. The largest absolute Gasteiger partial charge is 0.367 e. The summed E-state index contributed by atoms with van der Waals surface area (Å²) in [5.74, 6) is -0.386. The number of hydrogen-bond donors (Lipinski definition) is 0. The minimum absolute atomic E-state index is 0.0385. The quantitative estimate of drug-likeness (QED) is 0.639. The van der Waals surface area contributed by atoms with Gasteiger partial charge in [0.2, 0.25) is 5.91 Å². The molecular weight excluding hydrogens is 369 g/mol. The van der Waals surface area contributed by atoms with Crippen molar-refractivity contribution in [1.29, 1.82) is 0 Å². The summed E-state index contributed by atoms with van der Waals surface area (Å²) >= 11 is 0. The Hall–Kier alpha value is -2.73. The molecule has 154 valence electrons. The van der Waals surface area contributed by atoms with E-state index in [4.69, 9.17) is 0 Å². The van der Waals surface area contributed by atoms with Crippen molar-refractivity contribution in [3.63, 3.8) is 0 Å². The first kappa shape index (κ1) is 21.0. The molecule has 0 aromatic heterocycles. The van der Waals surface area contributed by atoms with Crippen molar-refractivity contribution in [3.05, 3.63) is 59.9 Å². The summed E-state index contributed by atoms with van der Waals surface area (Å²) in [5, 5.41) is 0. The fourth-order valence-corrected chi connectivity index (χ4v) is 3.55. The van der Waals surface area contributed by atoms with Gasteiger partial charge in [-0.15, -0.1) is 0 Å². The minimum Gasteiger partial charge on any atom is -0.367 e. The standard InChI is InChI=1S/C23H28FN3O2/c1-25(2)14-15-26-16-17-27(21-7-4-3-6-20(21)26)23(29)9-5-8-22(28)18-10-12-19(24)13-11-18/h3-4,6-7,10-13H,5,8-9,14-17H2,1-2H3. The molecule has 2 aromatic rings. The van der Waals surface area contributed by atoms with Crippen molar-refractivity contribution < 1.29 is 14.0 Å². The van der Waals surface area contributed by atoms with Crippen molar-refractivity contribution in [2.75, 3.05) is 50.1 Å². The first-order valence-corrected chi connectivity index (χ1v) is 10.0. The van der Waals surface area contributed by atoms with Gasteiger partial charge in [0.05, 0.1) is 11.4 Å². The number of fused-ring (bicyclic) bond motifs is 1. The number of rotatable bonds is 8. The van der Waals surface area contributed by atoms with Crippen molar-refractivity contribution in [2.45, 2.75) is 19.3 Å². The first-order chi connectivity index (χ1) is 14.0. The highest BCUT2D eigenvalue weighted by Crippen LogP contribution is 2.33. The molecule has 0 saturated heterocycles. The molecule has 0 bridgehead atoms. The van der Waals surface area contributed by atoms with Gasteiger partial charge in [-0.05, 0) is 56.9 Å². The van der Waals surface area contributed by atoms with E-state index in [0.717, 1.165) is 31.0 Å². The lowest BCUT2D eigenvalue weighted by molar-refractivity contribution is -0.118. The van der Waals surface area contributed by atoms with Crippen LogP contribution < -0.4 is 9.80 Å². The summed E-state index contributed by atoms with van der Waals surface area (Å²) in [6, 6.07) is 13.5. The van der Waals surface area contributed by atoms with E-state index in [2.05, 4.69) is 30.0 Å². The molecule has 0 aliphatic carbocycles. The number of ketones is 1. The van der Waals surface area contributed by atoms with E-state index in [9.17, 15) is 14.0 Å². The number of nitrogens with zero attached hydrogens (tertiary/aromatic N) is 3. The molecule has 1 aliphatic heterocycles. The van der Waals surface area contributed by atoms with Gasteiger partial charge < -0.3 is 14.7 Å². The molecule has 1 heterocycles. The van der Waals surface area contributed by atoms with Gasteiger partial charge in [0.25, 0.3) is 0 Å². The van der Waals surface area contributed by atoms with E-state index in [1.807, 2.05) is 23.1 Å². The third-order valence-electron chi connectivity index (χ3n) is 5.19. The van der Waals surface area contributed by atoms with E-state index in [1.165, 1.54) is 24.3 Å². The van der Waals surface area contributed by atoms with Crippen LogP contribution >= 0.6 is 0 Å². The molecule has 0 spiro atoms. The Kier molecular flexibility index (Phi) is 6.99. The molecule has 1 amide bonds. The van der Waals surface area contributed by atoms with Gasteiger partial charge in [-0.25, -0.2) is 4.39 Å². The molecule has 0 fully saturated rings. The summed E-state index contributed by atoms with van der Waals surface area (Å²) in [6.07, 6.45) is 1.08. The molecule has 2 aromatic carbocycles. The molecule has 3 rings (SSSR count). The number of carbonyl (C=O) groups is 2. The van der Waals surface area contributed by atoms with E-state index < -0.39 is 0 Å². The number of para-hydroxylation sites is 2. The van der Waals surface area contributed by atoms with Crippen LogP contribution in [0.5, 0.6) is 0 Å². The number of hydrogen-bond acceptors (Lipinski definition) is 4. The van der Waals surface area contributed by atoms with E-state index in [1.54, 1.807) is 0 Å². The first-order valence-electron chi connectivity index (χ1n) is 10.0. The molecule has 5 nitrogen and oxygen atoms in total. The maximum Gasteiger partial charge on any atom is 0.227 e. The average Bonchev–Trinajstić information content (AvgIpc) is 2.72. The fraction of sp³-hybridized carbons (Fsp3) is 0.391. The van der Waals surface area contributed by atoms with Crippen LogP contribution in [0.2, 0.25) is 0 Å². The summed E-state index contributed by atoms with van der Waals surface area (Å²) in [5.41, 5.74) is 2.50. The van der Waals surface area contributed by atoms with Gasteiger partial charge >= 0.3 is 0 Å². The van der Waals surface area contributed by atoms with Gasteiger partial charge in [0.1, 0.15) is 5.82 Å². The minimum atomic E-state index is -0.361. The Morgan fingerprint density at radius 3 is 2.34 bits per heavy atom. The van der Waals surface area contributed by atoms with Crippen LogP contribution in [0, 0.1) is 5.82 Å². The van der Waals surface area contributed by atoms with Crippen molar-refractivity contribution in [2.24, 2.45) is 0 Å². The van der Waals surface area contributed by atoms with Gasteiger partial charge in [-0.2, -0.15) is 0 Å². The summed E-state index contributed by atoms with van der Waals surface area (Å²) < 4.78 is 13.0. The Balaban J connectivity index is 1.58. The third kappa shape index (κ3) is 5.41. The van der Waals surface area contributed by atoms with Crippen molar-refractivity contribution >= 4 is 23.1 Å². The highest BCUT2D eigenvalue weighted by Gasteiger charge is 2.26. The van der Waals surface area contributed by atoms with E-state index >= 15 is 0 Å². The van der Waals surface area contributed by atoms with Crippen LogP contribution in [-0.4, -0.2) is 56.9 Å². The lowest BCUT2D eigenvalue weighted by atomic mass is 10.0. The Labute approximate surface area is 171 Å². The van der Waals surface area contributed by atoms with Crippen LogP contribution in [-0.2, 0) is 4.79 Å².